The van der Waals surface area contributed by atoms with Crippen molar-refractivity contribution in [3.8, 4) is 0 Å². The van der Waals surface area contributed by atoms with E-state index in [1.807, 2.05) is 0 Å². The predicted molar refractivity (Wildman–Crippen MR) is 73.1 cm³/mol. The van der Waals surface area contributed by atoms with Crippen LogP contribution in [0.1, 0.15) is 15.2 Å². The van der Waals surface area contributed by atoms with Crippen molar-refractivity contribution < 1.29 is 18.5 Å². The number of carbonyl (C=O) groups excluding carboxylic acids is 1. The van der Waals surface area contributed by atoms with E-state index < -0.39 is 22.5 Å². The van der Waals surface area contributed by atoms with E-state index in [-0.39, 0.29) is 22.0 Å². The Morgan fingerprint density at radius 3 is 2.62 bits per heavy atom. The molecule has 0 atom stereocenters. The molecule has 0 aliphatic rings. The Balaban J connectivity index is 2.13. The number of nitrogens with zero attached hydrogens (tertiary/aromatic N) is 2. The lowest BCUT2D eigenvalue weighted by Crippen LogP contribution is -2.25. The Labute approximate surface area is 122 Å². The van der Waals surface area contributed by atoms with Crippen molar-refractivity contribution in [2.24, 2.45) is 0 Å². The second-order valence-corrected chi connectivity index (χ2v) is 5.35. The lowest BCUT2D eigenvalue weighted by atomic mass is 10.2. The second kappa shape index (κ2) is 5.96. The van der Waals surface area contributed by atoms with Gasteiger partial charge in [0.15, 0.2) is 0 Å². The number of hydrogen-bond acceptors (Lipinski definition) is 4. The maximum absolute atomic E-state index is 13.5. The van der Waals surface area contributed by atoms with Gasteiger partial charge in [0.05, 0.1) is 9.80 Å². The number of hydrogen-bond donors (Lipinski definition) is 0. The molecule has 110 valence electrons. The number of nitro groups is 1. The summed E-state index contributed by atoms with van der Waals surface area (Å²) in [5.41, 5.74) is 0.165. The van der Waals surface area contributed by atoms with Gasteiger partial charge in [-0.2, -0.15) is 0 Å². The molecule has 1 aromatic carbocycles. The summed E-state index contributed by atoms with van der Waals surface area (Å²) >= 11 is 0.751. The standard InChI is InChI=1S/C13H10F2N2O3S/c1-16(7-8-2-3-9(14)6-10(8)15)13(18)11-4-5-12(21-11)17(19)20/h2-6H,7H2,1H3. The van der Waals surface area contributed by atoms with Crippen LogP contribution in [0.25, 0.3) is 0 Å². The van der Waals surface area contributed by atoms with Crippen molar-refractivity contribution in [2.45, 2.75) is 6.54 Å². The summed E-state index contributed by atoms with van der Waals surface area (Å²) in [5, 5.41) is 10.4. The molecule has 0 saturated heterocycles. The molecule has 0 unspecified atom stereocenters. The maximum atomic E-state index is 13.5. The van der Waals surface area contributed by atoms with Crippen LogP contribution in [0.4, 0.5) is 13.8 Å². The van der Waals surface area contributed by atoms with E-state index >= 15 is 0 Å². The minimum Gasteiger partial charge on any atom is -0.337 e. The van der Waals surface area contributed by atoms with Crippen molar-refractivity contribution in [1.29, 1.82) is 0 Å². The molecule has 2 rings (SSSR count). The molecule has 0 radical (unpaired) electrons. The molecule has 1 amide bonds. The summed E-state index contributed by atoms with van der Waals surface area (Å²) in [4.78, 5) is 23.5. The number of rotatable bonds is 4. The fourth-order valence-corrected chi connectivity index (χ4v) is 2.52. The average Bonchev–Trinajstić information content (AvgIpc) is 2.90. The molecule has 1 aromatic heterocycles. The summed E-state index contributed by atoms with van der Waals surface area (Å²) in [7, 11) is 1.44. The first-order valence-electron chi connectivity index (χ1n) is 5.82. The van der Waals surface area contributed by atoms with Crippen LogP contribution in [0.5, 0.6) is 0 Å². The van der Waals surface area contributed by atoms with E-state index in [0.717, 1.165) is 23.5 Å². The molecular formula is C13H10F2N2O3S. The van der Waals surface area contributed by atoms with Crippen LogP contribution in [0.2, 0.25) is 0 Å². The van der Waals surface area contributed by atoms with Gasteiger partial charge in [0, 0.05) is 31.3 Å². The van der Waals surface area contributed by atoms with Crippen LogP contribution in [-0.2, 0) is 6.54 Å². The quantitative estimate of drug-likeness (QED) is 0.643. The Hall–Kier alpha value is -2.35. The number of amides is 1. The molecule has 0 aliphatic carbocycles. The van der Waals surface area contributed by atoms with Gasteiger partial charge in [-0.05, 0) is 12.1 Å². The highest BCUT2D eigenvalue weighted by Crippen LogP contribution is 2.25. The molecule has 0 fully saturated rings. The summed E-state index contributed by atoms with van der Waals surface area (Å²) < 4.78 is 26.3. The fourth-order valence-electron chi connectivity index (χ4n) is 1.71. The molecule has 2 aromatic rings. The molecule has 0 bridgehead atoms. The lowest BCUT2D eigenvalue weighted by Gasteiger charge is -2.16. The first kappa shape index (κ1) is 15.0. The van der Waals surface area contributed by atoms with Gasteiger partial charge >= 0.3 is 5.00 Å². The first-order valence-corrected chi connectivity index (χ1v) is 6.63. The van der Waals surface area contributed by atoms with E-state index in [4.69, 9.17) is 0 Å². The van der Waals surface area contributed by atoms with Crippen LogP contribution in [-0.4, -0.2) is 22.8 Å². The van der Waals surface area contributed by atoms with Crippen molar-refractivity contribution in [1.82, 2.24) is 4.90 Å². The predicted octanol–water partition coefficient (Wildman–Crippen LogP) is 3.21. The van der Waals surface area contributed by atoms with Gasteiger partial charge in [-0.15, -0.1) is 0 Å². The van der Waals surface area contributed by atoms with Gasteiger partial charge in [-0.25, -0.2) is 8.78 Å². The van der Waals surface area contributed by atoms with Gasteiger partial charge < -0.3 is 4.90 Å². The van der Waals surface area contributed by atoms with Crippen molar-refractivity contribution in [2.75, 3.05) is 7.05 Å². The van der Waals surface area contributed by atoms with Crippen LogP contribution >= 0.6 is 11.3 Å². The molecule has 21 heavy (non-hydrogen) atoms. The molecule has 0 spiro atoms. The second-order valence-electron chi connectivity index (χ2n) is 4.29. The summed E-state index contributed by atoms with van der Waals surface area (Å²) in [5.74, 6) is -1.90. The highest BCUT2D eigenvalue weighted by Gasteiger charge is 2.19. The summed E-state index contributed by atoms with van der Waals surface area (Å²) in [6.07, 6.45) is 0. The van der Waals surface area contributed by atoms with Crippen molar-refractivity contribution >= 4 is 22.2 Å². The van der Waals surface area contributed by atoms with E-state index in [9.17, 15) is 23.7 Å². The molecular weight excluding hydrogens is 302 g/mol. The van der Waals surface area contributed by atoms with Gasteiger partial charge in [0.25, 0.3) is 5.91 Å². The zero-order valence-electron chi connectivity index (χ0n) is 10.9. The minimum atomic E-state index is -0.744. The smallest absolute Gasteiger partial charge is 0.324 e. The lowest BCUT2D eigenvalue weighted by molar-refractivity contribution is -0.380. The number of benzene rings is 1. The number of thiophene rings is 1. The van der Waals surface area contributed by atoms with E-state index in [1.165, 1.54) is 30.1 Å². The van der Waals surface area contributed by atoms with Crippen molar-refractivity contribution in [3.05, 3.63) is 62.5 Å². The Kier molecular flexibility index (Phi) is 4.27. The molecule has 0 saturated carbocycles. The molecule has 8 heteroatoms. The van der Waals surface area contributed by atoms with Crippen LogP contribution in [0.3, 0.4) is 0 Å². The van der Waals surface area contributed by atoms with Gasteiger partial charge in [-0.3, -0.25) is 14.9 Å². The van der Waals surface area contributed by atoms with E-state index in [1.54, 1.807) is 0 Å². The maximum Gasteiger partial charge on any atom is 0.324 e. The highest BCUT2D eigenvalue weighted by atomic mass is 32.1. The summed E-state index contributed by atoms with van der Waals surface area (Å²) in [6, 6.07) is 5.69. The highest BCUT2D eigenvalue weighted by molar-refractivity contribution is 7.17. The average molecular weight is 312 g/mol. The Bertz CT molecular complexity index is 702. The molecule has 0 aliphatic heterocycles. The topological polar surface area (TPSA) is 63.5 Å². The monoisotopic (exact) mass is 312 g/mol. The number of halogens is 2. The van der Waals surface area contributed by atoms with Gasteiger partial charge in [0.1, 0.15) is 11.6 Å². The largest absolute Gasteiger partial charge is 0.337 e. The van der Waals surface area contributed by atoms with E-state index in [2.05, 4.69) is 0 Å². The third-order valence-electron chi connectivity index (χ3n) is 2.75. The zero-order valence-corrected chi connectivity index (χ0v) is 11.7. The Morgan fingerprint density at radius 1 is 1.33 bits per heavy atom. The van der Waals surface area contributed by atoms with E-state index in [0.29, 0.717) is 0 Å². The zero-order chi connectivity index (χ0) is 15.6. The third kappa shape index (κ3) is 3.40. The van der Waals surface area contributed by atoms with Crippen LogP contribution in [0.15, 0.2) is 30.3 Å². The van der Waals surface area contributed by atoms with Gasteiger partial charge in [-0.1, -0.05) is 17.4 Å². The van der Waals surface area contributed by atoms with Gasteiger partial charge in [0.2, 0.25) is 0 Å². The molecule has 5 nitrogen and oxygen atoms in total. The fraction of sp³-hybridized carbons (Fsp3) is 0.154. The number of carbonyl (C=O) groups is 1. The third-order valence-corrected chi connectivity index (χ3v) is 3.78. The van der Waals surface area contributed by atoms with Crippen LogP contribution in [0, 0.1) is 21.7 Å². The van der Waals surface area contributed by atoms with Crippen molar-refractivity contribution in [3.63, 3.8) is 0 Å². The SMILES string of the molecule is CN(Cc1ccc(F)cc1F)C(=O)c1ccc([N+](=O)[O-])s1. The minimum absolute atomic E-state index is 0.0589. The normalized spacial score (nSPS) is 10.4. The van der Waals surface area contributed by atoms with Crippen LogP contribution < -0.4 is 0 Å². The summed E-state index contributed by atoms with van der Waals surface area (Å²) in [6.45, 7) is -0.0589. The Morgan fingerprint density at radius 2 is 2.05 bits per heavy atom. The molecule has 1 heterocycles. The first-order chi connectivity index (χ1) is 9.88. The molecule has 0 N–H and O–H groups in total.